The van der Waals surface area contributed by atoms with Gasteiger partial charge in [0.25, 0.3) is 0 Å². The number of nitrogens with zero attached hydrogens (tertiary/aromatic N) is 1. The van der Waals surface area contributed by atoms with Gasteiger partial charge in [0.15, 0.2) is 0 Å². The summed E-state index contributed by atoms with van der Waals surface area (Å²) in [4.78, 5) is 16.1. The van der Waals surface area contributed by atoms with Gasteiger partial charge in [-0.25, -0.2) is 0 Å². The molecular weight excluding hydrogens is 226 g/mol. The van der Waals surface area contributed by atoms with Crippen molar-refractivity contribution in [1.82, 2.24) is 15.6 Å². The molecule has 0 aromatic carbocycles. The molecule has 4 nitrogen and oxygen atoms in total. The van der Waals surface area contributed by atoms with Gasteiger partial charge in [0.1, 0.15) is 0 Å². The fourth-order valence-electron chi connectivity index (χ4n) is 2.27. The molecule has 2 N–H and O–H groups in total. The van der Waals surface area contributed by atoms with Crippen LogP contribution in [0.1, 0.15) is 30.7 Å². The number of pyridine rings is 1. The van der Waals surface area contributed by atoms with Crippen LogP contribution in [-0.2, 0) is 11.3 Å². The van der Waals surface area contributed by atoms with Crippen molar-refractivity contribution in [2.75, 3.05) is 13.1 Å². The van der Waals surface area contributed by atoms with Crippen molar-refractivity contribution >= 4 is 5.91 Å². The molecule has 98 valence electrons. The van der Waals surface area contributed by atoms with Gasteiger partial charge in [-0.05, 0) is 50.9 Å². The molecule has 1 aromatic rings. The Morgan fingerprint density at radius 1 is 1.56 bits per heavy atom. The molecule has 1 atom stereocenters. The van der Waals surface area contributed by atoms with E-state index in [-0.39, 0.29) is 5.91 Å². The zero-order chi connectivity index (χ0) is 12.8. The molecular formula is C14H21N3O. The number of hydrogen-bond donors (Lipinski definition) is 2. The summed E-state index contributed by atoms with van der Waals surface area (Å²) < 4.78 is 0. The number of rotatable bonds is 5. The third kappa shape index (κ3) is 4.11. The largest absolute Gasteiger partial charge is 0.350 e. The van der Waals surface area contributed by atoms with Crippen LogP contribution in [0.5, 0.6) is 0 Å². The van der Waals surface area contributed by atoms with Crippen LogP contribution in [0.25, 0.3) is 0 Å². The Bertz CT molecular complexity index is 400. The van der Waals surface area contributed by atoms with Gasteiger partial charge < -0.3 is 10.6 Å². The van der Waals surface area contributed by atoms with Crippen molar-refractivity contribution < 1.29 is 4.79 Å². The van der Waals surface area contributed by atoms with Gasteiger partial charge in [0, 0.05) is 12.1 Å². The maximum absolute atomic E-state index is 11.7. The van der Waals surface area contributed by atoms with E-state index in [4.69, 9.17) is 0 Å². The fourth-order valence-corrected chi connectivity index (χ4v) is 2.27. The van der Waals surface area contributed by atoms with Crippen LogP contribution < -0.4 is 10.6 Å². The first-order valence-electron chi connectivity index (χ1n) is 6.64. The van der Waals surface area contributed by atoms with Crippen molar-refractivity contribution in [1.29, 1.82) is 0 Å². The SMILES string of the molecule is Cc1cccc(CNC(=O)CCC2CCNC2)n1. The third-order valence-electron chi connectivity index (χ3n) is 3.35. The van der Waals surface area contributed by atoms with Gasteiger partial charge >= 0.3 is 0 Å². The lowest BCUT2D eigenvalue weighted by Crippen LogP contribution is -2.24. The molecule has 4 heteroatoms. The highest BCUT2D eigenvalue weighted by Gasteiger charge is 2.15. The van der Waals surface area contributed by atoms with E-state index < -0.39 is 0 Å². The number of aromatic nitrogens is 1. The number of aryl methyl sites for hydroxylation is 1. The predicted octanol–water partition coefficient (Wildman–Crippen LogP) is 1.40. The summed E-state index contributed by atoms with van der Waals surface area (Å²) >= 11 is 0. The van der Waals surface area contributed by atoms with E-state index in [1.165, 1.54) is 6.42 Å². The minimum atomic E-state index is 0.130. The van der Waals surface area contributed by atoms with E-state index in [1.807, 2.05) is 25.1 Å². The van der Waals surface area contributed by atoms with Crippen LogP contribution in [0.4, 0.5) is 0 Å². The average molecular weight is 247 g/mol. The fraction of sp³-hybridized carbons (Fsp3) is 0.571. The molecule has 2 rings (SSSR count). The summed E-state index contributed by atoms with van der Waals surface area (Å²) in [6, 6.07) is 5.86. The van der Waals surface area contributed by atoms with Crippen LogP contribution in [-0.4, -0.2) is 24.0 Å². The third-order valence-corrected chi connectivity index (χ3v) is 3.35. The highest BCUT2D eigenvalue weighted by atomic mass is 16.1. The summed E-state index contributed by atoms with van der Waals surface area (Å²) in [6.07, 6.45) is 2.81. The molecule has 0 bridgehead atoms. The van der Waals surface area contributed by atoms with Crippen molar-refractivity contribution in [2.45, 2.75) is 32.7 Å². The predicted molar refractivity (Wildman–Crippen MR) is 71.0 cm³/mol. The van der Waals surface area contributed by atoms with E-state index in [1.54, 1.807) is 0 Å². The lowest BCUT2D eigenvalue weighted by Gasteiger charge is -2.08. The molecule has 18 heavy (non-hydrogen) atoms. The highest BCUT2D eigenvalue weighted by Crippen LogP contribution is 2.13. The van der Waals surface area contributed by atoms with Gasteiger partial charge in [-0.2, -0.15) is 0 Å². The maximum atomic E-state index is 11.7. The van der Waals surface area contributed by atoms with Crippen molar-refractivity contribution in [3.05, 3.63) is 29.6 Å². The second-order valence-corrected chi connectivity index (χ2v) is 4.94. The zero-order valence-corrected chi connectivity index (χ0v) is 10.9. The van der Waals surface area contributed by atoms with E-state index in [9.17, 15) is 4.79 Å². The maximum Gasteiger partial charge on any atom is 0.220 e. The number of nitrogens with one attached hydrogen (secondary N) is 2. The van der Waals surface area contributed by atoms with Crippen LogP contribution in [0, 0.1) is 12.8 Å². The summed E-state index contributed by atoms with van der Waals surface area (Å²) in [5, 5.41) is 6.25. The van der Waals surface area contributed by atoms with Crippen molar-refractivity contribution in [2.24, 2.45) is 5.92 Å². The molecule has 0 spiro atoms. The smallest absolute Gasteiger partial charge is 0.220 e. The van der Waals surface area contributed by atoms with Gasteiger partial charge in [-0.15, -0.1) is 0 Å². The van der Waals surface area contributed by atoms with E-state index in [2.05, 4.69) is 15.6 Å². The summed E-state index contributed by atoms with van der Waals surface area (Å²) in [5.74, 6) is 0.804. The molecule has 1 aliphatic rings. The Kier molecular flexibility index (Phi) is 4.70. The summed E-state index contributed by atoms with van der Waals surface area (Å²) in [7, 11) is 0. The number of amides is 1. The van der Waals surface area contributed by atoms with Gasteiger partial charge in [0.05, 0.1) is 12.2 Å². The first-order chi connectivity index (χ1) is 8.74. The first-order valence-corrected chi connectivity index (χ1v) is 6.64. The Morgan fingerprint density at radius 2 is 2.44 bits per heavy atom. The Labute approximate surface area is 108 Å². The van der Waals surface area contributed by atoms with E-state index in [0.29, 0.717) is 18.9 Å². The monoisotopic (exact) mass is 247 g/mol. The zero-order valence-electron chi connectivity index (χ0n) is 10.9. The lowest BCUT2D eigenvalue weighted by molar-refractivity contribution is -0.121. The lowest BCUT2D eigenvalue weighted by atomic mass is 10.0. The molecule has 1 amide bonds. The molecule has 0 radical (unpaired) electrons. The number of carbonyl (C=O) groups is 1. The van der Waals surface area contributed by atoms with Crippen LogP contribution in [0.3, 0.4) is 0 Å². The first kappa shape index (κ1) is 13.0. The Hall–Kier alpha value is -1.42. The quantitative estimate of drug-likeness (QED) is 0.827. The number of carbonyl (C=O) groups excluding carboxylic acids is 1. The molecule has 1 aromatic heterocycles. The van der Waals surface area contributed by atoms with Crippen LogP contribution >= 0.6 is 0 Å². The summed E-state index contributed by atoms with van der Waals surface area (Å²) in [5.41, 5.74) is 1.91. The highest BCUT2D eigenvalue weighted by molar-refractivity contribution is 5.75. The number of hydrogen-bond acceptors (Lipinski definition) is 3. The van der Waals surface area contributed by atoms with Gasteiger partial charge in [-0.1, -0.05) is 6.07 Å². The van der Waals surface area contributed by atoms with Crippen LogP contribution in [0.2, 0.25) is 0 Å². The molecule has 2 heterocycles. The molecule has 1 fully saturated rings. The molecule has 1 saturated heterocycles. The topological polar surface area (TPSA) is 54.0 Å². The van der Waals surface area contributed by atoms with E-state index in [0.717, 1.165) is 30.9 Å². The van der Waals surface area contributed by atoms with Crippen LogP contribution in [0.15, 0.2) is 18.2 Å². The van der Waals surface area contributed by atoms with Crippen molar-refractivity contribution in [3.63, 3.8) is 0 Å². The van der Waals surface area contributed by atoms with E-state index >= 15 is 0 Å². The molecule has 0 saturated carbocycles. The van der Waals surface area contributed by atoms with Crippen molar-refractivity contribution in [3.8, 4) is 0 Å². The normalized spacial score (nSPS) is 18.8. The van der Waals surface area contributed by atoms with Gasteiger partial charge in [-0.3, -0.25) is 9.78 Å². The molecule has 0 aliphatic carbocycles. The Balaban J connectivity index is 1.68. The minimum absolute atomic E-state index is 0.130. The average Bonchev–Trinajstić information content (AvgIpc) is 2.87. The second kappa shape index (κ2) is 6.50. The minimum Gasteiger partial charge on any atom is -0.350 e. The van der Waals surface area contributed by atoms with Gasteiger partial charge in [0.2, 0.25) is 5.91 Å². The molecule has 1 aliphatic heterocycles. The Morgan fingerprint density at radius 3 is 3.17 bits per heavy atom. The summed E-state index contributed by atoms with van der Waals surface area (Å²) in [6.45, 7) is 4.65. The molecule has 1 unspecified atom stereocenters. The second-order valence-electron chi connectivity index (χ2n) is 4.94. The standard InChI is InChI=1S/C14H21N3O/c1-11-3-2-4-13(17-11)10-16-14(18)6-5-12-7-8-15-9-12/h2-4,12,15H,5-10H2,1H3,(H,16,18).